The average molecular weight is 198 g/mol. The molecule has 0 aromatic rings. The molecule has 3 nitrogen and oxygen atoms in total. The number of hydrogen-bond donors (Lipinski definition) is 0. The largest absolute Gasteiger partial charge is 0.462 e. The van der Waals surface area contributed by atoms with Gasteiger partial charge in [0.15, 0.2) is 0 Å². The van der Waals surface area contributed by atoms with E-state index in [1.807, 2.05) is 0 Å². The molecule has 2 atom stereocenters. The van der Waals surface area contributed by atoms with Gasteiger partial charge >= 0.3 is 5.97 Å². The van der Waals surface area contributed by atoms with E-state index in [2.05, 4.69) is 6.58 Å². The van der Waals surface area contributed by atoms with Gasteiger partial charge in [0.05, 0.1) is 12.7 Å². The van der Waals surface area contributed by atoms with Crippen LogP contribution < -0.4 is 0 Å². The number of carbonyl (C=O) groups is 1. The highest BCUT2D eigenvalue weighted by Crippen LogP contribution is 2.26. The summed E-state index contributed by atoms with van der Waals surface area (Å²) < 4.78 is 10.4. The summed E-state index contributed by atoms with van der Waals surface area (Å²) in [6.07, 6.45) is 6.03. The number of ether oxygens (including phenoxy) is 2. The summed E-state index contributed by atoms with van der Waals surface area (Å²) >= 11 is 0. The molecular weight excluding hydrogens is 180 g/mol. The molecule has 0 spiro atoms. The van der Waals surface area contributed by atoms with E-state index in [0.29, 0.717) is 12.5 Å². The van der Waals surface area contributed by atoms with Gasteiger partial charge in [0.25, 0.3) is 0 Å². The zero-order valence-electron chi connectivity index (χ0n) is 8.70. The second-order valence-corrected chi connectivity index (χ2v) is 3.65. The maximum atomic E-state index is 10.9. The van der Waals surface area contributed by atoms with Crippen molar-refractivity contribution in [3.8, 4) is 0 Å². The van der Waals surface area contributed by atoms with Gasteiger partial charge in [-0.05, 0) is 12.8 Å². The minimum absolute atomic E-state index is 0.251. The Kier molecular flexibility index (Phi) is 4.66. The van der Waals surface area contributed by atoms with Gasteiger partial charge in [-0.2, -0.15) is 0 Å². The van der Waals surface area contributed by atoms with Crippen LogP contribution in [0.3, 0.4) is 0 Å². The third-order valence-electron chi connectivity index (χ3n) is 2.75. The van der Waals surface area contributed by atoms with E-state index in [1.54, 1.807) is 7.11 Å². The lowest BCUT2D eigenvalue weighted by Gasteiger charge is -2.29. The maximum absolute atomic E-state index is 10.9. The van der Waals surface area contributed by atoms with Gasteiger partial charge in [0.1, 0.15) is 0 Å². The summed E-state index contributed by atoms with van der Waals surface area (Å²) in [7, 11) is 1.72. The van der Waals surface area contributed by atoms with Crippen LogP contribution in [0.4, 0.5) is 0 Å². The first kappa shape index (κ1) is 11.2. The first-order chi connectivity index (χ1) is 6.77. The molecule has 0 bridgehead atoms. The SMILES string of the molecule is C=CC(=O)OCC1CCCCC1OC. The molecule has 0 radical (unpaired) electrons. The van der Waals surface area contributed by atoms with Crippen molar-refractivity contribution >= 4 is 5.97 Å². The van der Waals surface area contributed by atoms with Crippen LogP contribution in [-0.2, 0) is 14.3 Å². The van der Waals surface area contributed by atoms with Crippen LogP contribution in [0.25, 0.3) is 0 Å². The topological polar surface area (TPSA) is 35.5 Å². The molecule has 1 saturated carbocycles. The summed E-state index contributed by atoms with van der Waals surface area (Å²) in [5.41, 5.74) is 0. The zero-order valence-corrected chi connectivity index (χ0v) is 8.70. The summed E-state index contributed by atoms with van der Waals surface area (Å²) in [5, 5.41) is 0. The minimum atomic E-state index is -0.342. The van der Waals surface area contributed by atoms with Crippen molar-refractivity contribution in [1.82, 2.24) is 0 Å². The number of rotatable bonds is 4. The molecule has 1 rings (SSSR count). The molecule has 0 N–H and O–H groups in total. The molecule has 3 heteroatoms. The molecule has 0 amide bonds. The van der Waals surface area contributed by atoms with Crippen molar-refractivity contribution in [2.75, 3.05) is 13.7 Å². The van der Waals surface area contributed by atoms with E-state index >= 15 is 0 Å². The van der Waals surface area contributed by atoms with Crippen LogP contribution in [0.2, 0.25) is 0 Å². The van der Waals surface area contributed by atoms with E-state index in [1.165, 1.54) is 18.9 Å². The smallest absolute Gasteiger partial charge is 0.330 e. The molecule has 0 aliphatic heterocycles. The first-order valence-corrected chi connectivity index (χ1v) is 5.10. The third-order valence-corrected chi connectivity index (χ3v) is 2.75. The molecule has 0 saturated heterocycles. The highest BCUT2D eigenvalue weighted by molar-refractivity contribution is 5.81. The van der Waals surface area contributed by atoms with Crippen molar-refractivity contribution in [2.24, 2.45) is 5.92 Å². The monoisotopic (exact) mass is 198 g/mol. The maximum Gasteiger partial charge on any atom is 0.330 e. The lowest BCUT2D eigenvalue weighted by molar-refractivity contribution is -0.141. The van der Waals surface area contributed by atoms with Gasteiger partial charge in [-0.3, -0.25) is 0 Å². The Labute approximate surface area is 85.1 Å². The Hall–Kier alpha value is -0.830. The summed E-state index contributed by atoms with van der Waals surface area (Å²) in [6, 6.07) is 0. The predicted molar refractivity (Wildman–Crippen MR) is 53.9 cm³/mol. The quantitative estimate of drug-likeness (QED) is 0.511. The fourth-order valence-electron chi connectivity index (χ4n) is 1.92. The van der Waals surface area contributed by atoms with Gasteiger partial charge in [0.2, 0.25) is 0 Å². The Bertz CT molecular complexity index is 201. The first-order valence-electron chi connectivity index (χ1n) is 5.10. The molecule has 80 valence electrons. The van der Waals surface area contributed by atoms with Crippen LogP contribution in [0.1, 0.15) is 25.7 Å². The van der Waals surface area contributed by atoms with E-state index in [4.69, 9.17) is 9.47 Å². The van der Waals surface area contributed by atoms with Gasteiger partial charge < -0.3 is 9.47 Å². The second kappa shape index (κ2) is 5.81. The van der Waals surface area contributed by atoms with Crippen molar-refractivity contribution in [3.05, 3.63) is 12.7 Å². The molecule has 0 heterocycles. The highest BCUT2D eigenvalue weighted by Gasteiger charge is 2.25. The van der Waals surface area contributed by atoms with Crippen molar-refractivity contribution in [2.45, 2.75) is 31.8 Å². The Morgan fingerprint density at radius 2 is 2.21 bits per heavy atom. The summed E-state index contributed by atoms with van der Waals surface area (Å²) in [5.74, 6) is 0.0167. The fraction of sp³-hybridized carbons (Fsp3) is 0.727. The number of carbonyl (C=O) groups excluding carboxylic acids is 1. The van der Waals surface area contributed by atoms with Crippen molar-refractivity contribution in [1.29, 1.82) is 0 Å². The predicted octanol–water partition coefficient (Wildman–Crippen LogP) is 1.92. The molecule has 0 aromatic carbocycles. The molecular formula is C11H18O3. The molecule has 1 aliphatic carbocycles. The zero-order chi connectivity index (χ0) is 10.4. The molecule has 1 fully saturated rings. The van der Waals surface area contributed by atoms with Crippen LogP contribution >= 0.6 is 0 Å². The number of esters is 1. The second-order valence-electron chi connectivity index (χ2n) is 3.65. The van der Waals surface area contributed by atoms with Gasteiger partial charge in [0, 0.05) is 19.1 Å². The third kappa shape index (κ3) is 3.14. The molecule has 1 aliphatic rings. The van der Waals surface area contributed by atoms with Gasteiger partial charge in [-0.15, -0.1) is 0 Å². The summed E-state index contributed by atoms with van der Waals surface area (Å²) in [4.78, 5) is 10.9. The van der Waals surface area contributed by atoms with Crippen molar-refractivity contribution < 1.29 is 14.3 Å². The van der Waals surface area contributed by atoms with Crippen LogP contribution in [-0.4, -0.2) is 25.8 Å². The van der Waals surface area contributed by atoms with E-state index in [0.717, 1.165) is 12.8 Å². The average Bonchev–Trinajstić information content (AvgIpc) is 2.26. The fourth-order valence-corrected chi connectivity index (χ4v) is 1.92. The molecule has 14 heavy (non-hydrogen) atoms. The van der Waals surface area contributed by atoms with E-state index in [9.17, 15) is 4.79 Å². The van der Waals surface area contributed by atoms with Crippen LogP contribution in [0.5, 0.6) is 0 Å². The van der Waals surface area contributed by atoms with Gasteiger partial charge in [-0.25, -0.2) is 4.79 Å². The standard InChI is InChI=1S/C11H18O3/c1-3-11(12)14-8-9-6-4-5-7-10(9)13-2/h3,9-10H,1,4-8H2,2H3. The molecule has 0 aromatic heterocycles. The normalized spacial score (nSPS) is 26.9. The van der Waals surface area contributed by atoms with Crippen LogP contribution in [0.15, 0.2) is 12.7 Å². The highest BCUT2D eigenvalue weighted by atomic mass is 16.5. The van der Waals surface area contributed by atoms with Crippen molar-refractivity contribution in [3.63, 3.8) is 0 Å². The Morgan fingerprint density at radius 3 is 2.86 bits per heavy atom. The van der Waals surface area contributed by atoms with Crippen LogP contribution in [0, 0.1) is 5.92 Å². The van der Waals surface area contributed by atoms with E-state index < -0.39 is 0 Å². The Balaban J connectivity index is 2.33. The Morgan fingerprint density at radius 1 is 1.50 bits per heavy atom. The number of hydrogen-bond acceptors (Lipinski definition) is 3. The van der Waals surface area contributed by atoms with E-state index in [-0.39, 0.29) is 12.1 Å². The number of methoxy groups -OCH3 is 1. The van der Waals surface area contributed by atoms with Gasteiger partial charge in [-0.1, -0.05) is 19.4 Å². The summed E-state index contributed by atoms with van der Waals surface area (Å²) in [6.45, 7) is 3.82. The minimum Gasteiger partial charge on any atom is -0.462 e. The molecule has 2 unspecified atom stereocenters. The lowest BCUT2D eigenvalue weighted by atomic mass is 9.87. The lowest BCUT2D eigenvalue weighted by Crippen LogP contribution is -2.30.